The second-order valence-corrected chi connectivity index (χ2v) is 4.18. The first kappa shape index (κ1) is 14.8. The van der Waals surface area contributed by atoms with Crippen LogP contribution in [-0.4, -0.2) is 26.4 Å². The molecule has 1 aromatic carbocycles. The summed E-state index contributed by atoms with van der Waals surface area (Å²) in [6.07, 6.45) is 1.03. The Morgan fingerprint density at radius 3 is 2.67 bits per heavy atom. The van der Waals surface area contributed by atoms with Crippen LogP contribution in [0.15, 0.2) is 18.2 Å². The molecule has 2 N–H and O–H groups in total. The Balaban J connectivity index is 2.71. The zero-order valence-corrected chi connectivity index (χ0v) is 11.4. The summed E-state index contributed by atoms with van der Waals surface area (Å²) in [5.74, 6) is 1.59. The Morgan fingerprint density at radius 1 is 1.28 bits per heavy atom. The standard InChI is InChI=1S/C14H23NO3/c1-4-7-17-13-6-5-12(9-15)14(8-13)18-10-11(2)16-3/h5-6,8,11H,4,7,9-10,15H2,1-3H3. The van der Waals surface area contributed by atoms with Crippen molar-refractivity contribution in [2.24, 2.45) is 5.73 Å². The smallest absolute Gasteiger partial charge is 0.127 e. The Kier molecular flexibility index (Phi) is 6.54. The van der Waals surface area contributed by atoms with E-state index in [2.05, 4.69) is 6.92 Å². The van der Waals surface area contributed by atoms with Gasteiger partial charge in [0.1, 0.15) is 18.1 Å². The highest BCUT2D eigenvalue weighted by molar-refractivity contribution is 5.40. The van der Waals surface area contributed by atoms with E-state index in [0.29, 0.717) is 19.8 Å². The molecule has 1 atom stereocenters. The van der Waals surface area contributed by atoms with Crippen LogP contribution in [0, 0.1) is 0 Å². The number of benzene rings is 1. The van der Waals surface area contributed by atoms with Gasteiger partial charge in [-0.2, -0.15) is 0 Å². The Hall–Kier alpha value is -1.26. The van der Waals surface area contributed by atoms with E-state index in [1.54, 1.807) is 7.11 Å². The van der Waals surface area contributed by atoms with Gasteiger partial charge in [-0.25, -0.2) is 0 Å². The molecule has 0 heterocycles. The maximum Gasteiger partial charge on any atom is 0.127 e. The molecule has 0 amide bonds. The molecular formula is C14H23NO3. The van der Waals surface area contributed by atoms with Crippen LogP contribution in [0.5, 0.6) is 11.5 Å². The van der Waals surface area contributed by atoms with Gasteiger partial charge in [0, 0.05) is 25.3 Å². The summed E-state index contributed by atoms with van der Waals surface area (Å²) in [6, 6.07) is 5.75. The minimum absolute atomic E-state index is 0.0517. The number of hydrogen-bond acceptors (Lipinski definition) is 4. The fourth-order valence-electron chi connectivity index (χ4n) is 1.42. The average molecular weight is 253 g/mol. The number of nitrogens with two attached hydrogens (primary N) is 1. The highest BCUT2D eigenvalue weighted by atomic mass is 16.5. The first-order chi connectivity index (χ1) is 8.71. The van der Waals surface area contributed by atoms with Gasteiger partial charge in [0.15, 0.2) is 0 Å². The number of methoxy groups -OCH3 is 1. The second-order valence-electron chi connectivity index (χ2n) is 4.18. The highest BCUT2D eigenvalue weighted by Gasteiger charge is 2.07. The molecular weight excluding hydrogens is 230 g/mol. The minimum Gasteiger partial charge on any atom is -0.493 e. The summed E-state index contributed by atoms with van der Waals surface area (Å²) in [6.45, 7) is 5.69. The lowest BCUT2D eigenvalue weighted by Crippen LogP contribution is -2.17. The molecule has 0 aliphatic heterocycles. The summed E-state index contributed by atoms with van der Waals surface area (Å²) in [7, 11) is 1.67. The maximum absolute atomic E-state index is 5.72. The van der Waals surface area contributed by atoms with E-state index < -0.39 is 0 Å². The molecule has 18 heavy (non-hydrogen) atoms. The molecule has 0 aliphatic carbocycles. The molecule has 0 radical (unpaired) electrons. The van der Waals surface area contributed by atoms with E-state index >= 15 is 0 Å². The number of rotatable bonds is 8. The molecule has 0 bridgehead atoms. The second kappa shape index (κ2) is 7.95. The molecule has 0 spiro atoms. The van der Waals surface area contributed by atoms with Crippen LogP contribution in [0.4, 0.5) is 0 Å². The summed E-state index contributed by atoms with van der Waals surface area (Å²) in [4.78, 5) is 0. The predicted octanol–water partition coefficient (Wildman–Crippen LogP) is 2.35. The van der Waals surface area contributed by atoms with Crippen molar-refractivity contribution in [2.45, 2.75) is 32.9 Å². The van der Waals surface area contributed by atoms with Crippen LogP contribution in [0.1, 0.15) is 25.8 Å². The van der Waals surface area contributed by atoms with Crippen molar-refractivity contribution >= 4 is 0 Å². The van der Waals surface area contributed by atoms with E-state index in [9.17, 15) is 0 Å². The summed E-state index contributed by atoms with van der Waals surface area (Å²) in [5.41, 5.74) is 6.66. The Bertz CT molecular complexity index is 355. The van der Waals surface area contributed by atoms with E-state index in [-0.39, 0.29) is 6.10 Å². The third kappa shape index (κ3) is 4.55. The minimum atomic E-state index is 0.0517. The summed E-state index contributed by atoms with van der Waals surface area (Å²) < 4.78 is 16.4. The van der Waals surface area contributed by atoms with Crippen molar-refractivity contribution in [3.63, 3.8) is 0 Å². The van der Waals surface area contributed by atoms with Crippen LogP contribution < -0.4 is 15.2 Å². The van der Waals surface area contributed by atoms with Crippen LogP contribution in [0.2, 0.25) is 0 Å². The topological polar surface area (TPSA) is 53.7 Å². The molecule has 1 unspecified atom stereocenters. The molecule has 0 aromatic heterocycles. The van der Waals surface area contributed by atoms with Gasteiger partial charge in [-0.3, -0.25) is 0 Å². The number of hydrogen-bond donors (Lipinski definition) is 1. The monoisotopic (exact) mass is 253 g/mol. The Labute approximate surface area is 109 Å². The van der Waals surface area contributed by atoms with Gasteiger partial charge in [-0.05, 0) is 19.4 Å². The molecule has 1 rings (SSSR count). The normalized spacial score (nSPS) is 12.2. The fraction of sp³-hybridized carbons (Fsp3) is 0.571. The fourth-order valence-corrected chi connectivity index (χ4v) is 1.42. The zero-order valence-electron chi connectivity index (χ0n) is 11.4. The van der Waals surface area contributed by atoms with E-state index in [0.717, 1.165) is 23.5 Å². The van der Waals surface area contributed by atoms with E-state index in [4.69, 9.17) is 19.9 Å². The maximum atomic E-state index is 5.72. The van der Waals surface area contributed by atoms with Crippen LogP contribution >= 0.6 is 0 Å². The van der Waals surface area contributed by atoms with E-state index in [1.807, 2.05) is 25.1 Å². The van der Waals surface area contributed by atoms with Gasteiger partial charge in [0.05, 0.1) is 12.7 Å². The molecule has 0 saturated heterocycles. The van der Waals surface area contributed by atoms with E-state index in [1.165, 1.54) is 0 Å². The van der Waals surface area contributed by atoms with Crippen molar-refractivity contribution in [3.05, 3.63) is 23.8 Å². The Morgan fingerprint density at radius 2 is 2.06 bits per heavy atom. The summed E-state index contributed by atoms with van der Waals surface area (Å²) >= 11 is 0. The molecule has 102 valence electrons. The van der Waals surface area contributed by atoms with Crippen molar-refractivity contribution < 1.29 is 14.2 Å². The van der Waals surface area contributed by atoms with Crippen LogP contribution in [0.3, 0.4) is 0 Å². The lowest BCUT2D eigenvalue weighted by Gasteiger charge is -2.15. The highest BCUT2D eigenvalue weighted by Crippen LogP contribution is 2.25. The van der Waals surface area contributed by atoms with Crippen molar-refractivity contribution in [1.29, 1.82) is 0 Å². The first-order valence-corrected chi connectivity index (χ1v) is 6.32. The molecule has 4 heteroatoms. The summed E-state index contributed by atoms with van der Waals surface area (Å²) in [5, 5.41) is 0. The van der Waals surface area contributed by atoms with Gasteiger partial charge in [-0.1, -0.05) is 13.0 Å². The molecule has 0 fully saturated rings. The lowest BCUT2D eigenvalue weighted by atomic mass is 10.2. The number of ether oxygens (including phenoxy) is 3. The van der Waals surface area contributed by atoms with Crippen molar-refractivity contribution in [2.75, 3.05) is 20.3 Å². The van der Waals surface area contributed by atoms with Gasteiger partial charge in [0.2, 0.25) is 0 Å². The van der Waals surface area contributed by atoms with Gasteiger partial charge in [0.25, 0.3) is 0 Å². The quantitative estimate of drug-likeness (QED) is 0.772. The zero-order chi connectivity index (χ0) is 13.4. The largest absolute Gasteiger partial charge is 0.493 e. The molecule has 1 aromatic rings. The van der Waals surface area contributed by atoms with Crippen LogP contribution in [0.25, 0.3) is 0 Å². The molecule has 0 aliphatic rings. The third-order valence-corrected chi connectivity index (χ3v) is 2.61. The average Bonchev–Trinajstić information content (AvgIpc) is 2.42. The molecule has 0 saturated carbocycles. The van der Waals surface area contributed by atoms with Gasteiger partial charge >= 0.3 is 0 Å². The SMILES string of the molecule is CCCOc1ccc(CN)c(OCC(C)OC)c1. The van der Waals surface area contributed by atoms with Gasteiger partial charge < -0.3 is 19.9 Å². The van der Waals surface area contributed by atoms with Crippen molar-refractivity contribution in [1.82, 2.24) is 0 Å². The van der Waals surface area contributed by atoms with Crippen molar-refractivity contribution in [3.8, 4) is 11.5 Å². The first-order valence-electron chi connectivity index (χ1n) is 6.32. The van der Waals surface area contributed by atoms with Gasteiger partial charge in [-0.15, -0.1) is 0 Å². The lowest BCUT2D eigenvalue weighted by molar-refractivity contribution is 0.0712. The molecule has 4 nitrogen and oxygen atoms in total. The van der Waals surface area contributed by atoms with Crippen LogP contribution in [-0.2, 0) is 11.3 Å². The third-order valence-electron chi connectivity index (χ3n) is 2.61. The predicted molar refractivity (Wildman–Crippen MR) is 72.1 cm³/mol.